The number of rotatable bonds is 10. The molecule has 0 aliphatic carbocycles. The number of aryl methyl sites for hydroxylation is 2. The van der Waals surface area contributed by atoms with E-state index in [0.717, 1.165) is 24.3 Å². The molecule has 0 radical (unpaired) electrons. The van der Waals surface area contributed by atoms with E-state index in [1.165, 1.54) is 17.0 Å². The van der Waals surface area contributed by atoms with Crippen molar-refractivity contribution in [3.05, 3.63) is 46.4 Å². The van der Waals surface area contributed by atoms with E-state index in [9.17, 15) is 13.2 Å². The van der Waals surface area contributed by atoms with Crippen LogP contribution in [0.5, 0.6) is 0 Å². The number of sulfonamides is 1. The second-order valence-electron chi connectivity index (χ2n) is 7.67. The van der Waals surface area contributed by atoms with Crippen LogP contribution in [0.3, 0.4) is 0 Å². The van der Waals surface area contributed by atoms with Crippen molar-refractivity contribution in [2.75, 3.05) is 20.6 Å². The van der Waals surface area contributed by atoms with Crippen LogP contribution in [0.15, 0.2) is 40.6 Å². The Morgan fingerprint density at radius 1 is 1.32 bits per heavy atom. The van der Waals surface area contributed by atoms with Crippen molar-refractivity contribution in [3.8, 4) is 0 Å². The lowest BCUT2D eigenvalue weighted by Gasteiger charge is -2.23. The van der Waals surface area contributed by atoms with Crippen molar-refractivity contribution in [3.63, 3.8) is 0 Å². The molecule has 0 spiro atoms. The summed E-state index contributed by atoms with van der Waals surface area (Å²) in [6.07, 6.45) is 1.67. The highest BCUT2D eigenvalue weighted by Crippen LogP contribution is 2.23. The molecule has 0 bridgehead atoms. The van der Waals surface area contributed by atoms with Gasteiger partial charge in [-0.15, -0.1) is 11.3 Å². The zero-order valence-corrected chi connectivity index (χ0v) is 19.7. The first-order valence-electron chi connectivity index (χ1n) is 10.2. The first-order valence-corrected chi connectivity index (χ1v) is 12.6. The number of carbonyl (C=O) groups is 1. The topological polar surface area (TPSA) is 110 Å². The van der Waals surface area contributed by atoms with E-state index in [2.05, 4.69) is 28.2 Å². The Kier molecular flexibility index (Phi) is 7.47. The van der Waals surface area contributed by atoms with Gasteiger partial charge >= 0.3 is 0 Å². The largest absolute Gasteiger partial charge is 0.354 e. The van der Waals surface area contributed by atoms with Crippen LogP contribution in [0.4, 0.5) is 0 Å². The van der Waals surface area contributed by atoms with Gasteiger partial charge in [-0.1, -0.05) is 13.0 Å². The van der Waals surface area contributed by atoms with Gasteiger partial charge in [0.1, 0.15) is 5.82 Å². The zero-order valence-electron chi connectivity index (χ0n) is 18.0. The fourth-order valence-electron chi connectivity index (χ4n) is 3.54. The average Bonchev–Trinajstić information content (AvgIpc) is 3.34. The molecular formula is C21H29N5O3S2. The summed E-state index contributed by atoms with van der Waals surface area (Å²) in [6.45, 7) is 3.34. The van der Waals surface area contributed by atoms with Gasteiger partial charge < -0.3 is 14.8 Å². The molecule has 0 saturated carbocycles. The normalized spacial score (nSPS) is 13.1. The Bertz CT molecular complexity index is 1140. The summed E-state index contributed by atoms with van der Waals surface area (Å²) >= 11 is 1.68. The van der Waals surface area contributed by atoms with Crippen LogP contribution in [-0.4, -0.2) is 49.4 Å². The molecule has 168 valence electrons. The average molecular weight is 464 g/mol. The van der Waals surface area contributed by atoms with E-state index >= 15 is 0 Å². The monoisotopic (exact) mass is 463 g/mol. The molecule has 3 aromatic rings. The summed E-state index contributed by atoms with van der Waals surface area (Å²) in [5.74, 6) is 0.727. The first-order chi connectivity index (χ1) is 14.7. The molecule has 3 N–H and O–H groups in total. The summed E-state index contributed by atoms with van der Waals surface area (Å²) in [6, 6.07) is 8.92. The molecule has 1 unspecified atom stereocenters. The molecule has 0 saturated heterocycles. The summed E-state index contributed by atoms with van der Waals surface area (Å²) in [5, 5.41) is 10.3. The van der Waals surface area contributed by atoms with Crippen LogP contribution in [0, 0.1) is 0 Å². The maximum atomic E-state index is 12.5. The van der Waals surface area contributed by atoms with Gasteiger partial charge in [0.15, 0.2) is 0 Å². The third-order valence-electron chi connectivity index (χ3n) is 5.14. The summed E-state index contributed by atoms with van der Waals surface area (Å²) in [4.78, 5) is 20.5. The van der Waals surface area contributed by atoms with Crippen LogP contribution in [-0.2, 0) is 27.8 Å². The SMILES string of the molecule is CCCn1c(CCC(=O)NCC(c2cccs2)N(C)C)nc2cc(S(N)(=O)=O)ccc21. The molecule has 2 aromatic heterocycles. The standard InChI is InChI=1S/C21H29N5O3S2/c1-4-11-26-17-8-7-15(31(22,28)29)13-16(17)24-20(26)9-10-21(27)23-14-18(25(2)3)19-6-5-12-30-19/h5-8,12-13,18H,4,9-11,14H2,1-3H3,(H,23,27)(H2,22,28,29). The van der Waals surface area contributed by atoms with Crippen LogP contribution in [0.2, 0.25) is 0 Å². The lowest BCUT2D eigenvalue weighted by molar-refractivity contribution is -0.121. The fourth-order valence-corrected chi connectivity index (χ4v) is 5.00. The maximum absolute atomic E-state index is 12.5. The molecule has 3 rings (SSSR count). The Balaban J connectivity index is 1.70. The Morgan fingerprint density at radius 3 is 2.71 bits per heavy atom. The van der Waals surface area contributed by atoms with Gasteiger partial charge in [0.2, 0.25) is 15.9 Å². The van der Waals surface area contributed by atoms with Gasteiger partial charge in [-0.3, -0.25) is 4.79 Å². The quantitative estimate of drug-likeness (QED) is 0.480. The molecule has 0 fully saturated rings. The minimum atomic E-state index is -3.79. The molecule has 1 atom stereocenters. The lowest BCUT2D eigenvalue weighted by Crippen LogP contribution is -2.34. The minimum absolute atomic E-state index is 0.0359. The summed E-state index contributed by atoms with van der Waals surface area (Å²) in [7, 11) is 0.205. The van der Waals surface area contributed by atoms with E-state index in [1.807, 2.05) is 30.1 Å². The molecule has 8 nitrogen and oxygen atoms in total. The predicted molar refractivity (Wildman–Crippen MR) is 123 cm³/mol. The minimum Gasteiger partial charge on any atom is -0.354 e. The lowest BCUT2D eigenvalue weighted by atomic mass is 10.2. The van der Waals surface area contributed by atoms with E-state index in [1.54, 1.807) is 17.4 Å². The van der Waals surface area contributed by atoms with Crippen LogP contribution in [0.1, 0.15) is 36.5 Å². The first kappa shape index (κ1) is 23.4. The second kappa shape index (κ2) is 9.90. The second-order valence-corrected chi connectivity index (χ2v) is 10.2. The number of primary sulfonamides is 1. The maximum Gasteiger partial charge on any atom is 0.238 e. The summed E-state index contributed by atoms with van der Waals surface area (Å²) in [5.41, 5.74) is 1.41. The number of nitrogens with zero attached hydrogens (tertiary/aromatic N) is 3. The number of hydrogen-bond acceptors (Lipinski definition) is 6. The highest BCUT2D eigenvalue weighted by molar-refractivity contribution is 7.89. The number of nitrogens with one attached hydrogen (secondary N) is 1. The van der Waals surface area contributed by atoms with Crippen molar-refractivity contribution in [2.24, 2.45) is 5.14 Å². The molecule has 1 amide bonds. The highest BCUT2D eigenvalue weighted by atomic mass is 32.2. The number of likely N-dealkylation sites (N-methyl/N-ethyl adjacent to an activating group) is 1. The highest BCUT2D eigenvalue weighted by Gasteiger charge is 2.18. The Morgan fingerprint density at radius 2 is 2.10 bits per heavy atom. The number of thiophene rings is 1. The molecule has 1 aromatic carbocycles. The number of hydrogen-bond donors (Lipinski definition) is 2. The van der Waals surface area contributed by atoms with E-state index < -0.39 is 10.0 Å². The van der Waals surface area contributed by atoms with Crippen LogP contribution < -0.4 is 10.5 Å². The van der Waals surface area contributed by atoms with Crippen molar-refractivity contribution in [2.45, 2.75) is 43.7 Å². The van der Waals surface area contributed by atoms with Gasteiger partial charge in [0.25, 0.3) is 0 Å². The summed E-state index contributed by atoms with van der Waals surface area (Å²) < 4.78 is 25.4. The number of fused-ring (bicyclic) bond motifs is 1. The molecular weight excluding hydrogens is 434 g/mol. The van der Waals surface area contributed by atoms with Crippen LogP contribution in [0.25, 0.3) is 11.0 Å². The molecule has 2 heterocycles. The van der Waals surface area contributed by atoms with Gasteiger partial charge in [0.05, 0.1) is 22.0 Å². The van der Waals surface area contributed by atoms with Crippen molar-refractivity contribution in [1.29, 1.82) is 0 Å². The number of imidazole rings is 1. The number of amides is 1. The van der Waals surface area contributed by atoms with Gasteiger partial charge in [-0.2, -0.15) is 0 Å². The van der Waals surface area contributed by atoms with Crippen molar-refractivity contribution in [1.82, 2.24) is 19.8 Å². The smallest absolute Gasteiger partial charge is 0.238 e. The predicted octanol–water partition coefficient (Wildman–Crippen LogP) is 2.51. The molecule has 31 heavy (non-hydrogen) atoms. The number of aromatic nitrogens is 2. The number of nitrogens with two attached hydrogens (primary N) is 1. The van der Waals surface area contributed by atoms with E-state index in [4.69, 9.17) is 5.14 Å². The Labute approximate surface area is 187 Å². The number of benzene rings is 1. The molecule has 0 aliphatic heterocycles. The van der Waals surface area contributed by atoms with Crippen LogP contribution >= 0.6 is 11.3 Å². The third kappa shape index (κ3) is 5.70. The van der Waals surface area contributed by atoms with Gasteiger partial charge in [0, 0.05) is 30.8 Å². The van der Waals surface area contributed by atoms with E-state index in [-0.39, 0.29) is 16.8 Å². The third-order valence-corrected chi connectivity index (χ3v) is 7.02. The van der Waals surface area contributed by atoms with Gasteiger partial charge in [-0.25, -0.2) is 18.5 Å². The number of carbonyl (C=O) groups excluding carboxylic acids is 1. The van der Waals surface area contributed by atoms with Crippen molar-refractivity contribution >= 4 is 38.3 Å². The van der Waals surface area contributed by atoms with E-state index in [0.29, 0.717) is 24.9 Å². The Hall–Kier alpha value is -2.27. The zero-order chi connectivity index (χ0) is 22.6. The molecule has 10 heteroatoms. The molecule has 0 aliphatic rings. The van der Waals surface area contributed by atoms with Gasteiger partial charge in [-0.05, 0) is 50.2 Å². The van der Waals surface area contributed by atoms with Crippen molar-refractivity contribution < 1.29 is 13.2 Å². The fraction of sp³-hybridized carbons (Fsp3) is 0.429.